The molecule has 0 aromatic heterocycles. The van der Waals surface area contributed by atoms with Crippen LogP contribution < -0.4 is 5.32 Å². The molecule has 0 spiro atoms. The van der Waals surface area contributed by atoms with Crippen molar-refractivity contribution in [2.75, 3.05) is 7.05 Å². The van der Waals surface area contributed by atoms with Crippen LogP contribution in [0.25, 0.3) is 0 Å². The highest BCUT2D eigenvalue weighted by atomic mass is 79.9. The Balaban J connectivity index is 2.19. The monoisotopic (exact) mass is 289 g/mol. The molecule has 0 bridgehead atoms. The van der Waals surface area contributed by atoms with E-state index < -0.39 is 0 Å². The number of alkyl halides is 1. The lowest BCUT2D eigenvalue weighted by molar-refractivity contribution is -0.122. The minimum Gasteiger partial charge on any atom is -0.333 e. The maximum atomic E-state index is 11.6. The van der Waals surface area contributed by atoms with Crippen molar-refractivity contribution in [3.05, 3.63) is 0 Å². The second kappa shape index (κ2) is 6.89. The first-order valence-corrected chi connectivity index (χ1v) is 6.77. The van der Waals surface area contributed by atoms with Gasteiger partial charge in [0.25, 0.3) is 0 Å². The molecule has 1 N–H and O–H groups in total. The summed E-state index contributed by atoms with van der Waals surface area (Å²) in [6.07, 6.45) is 6.89. The Bertz CT molecular complexity index is 246. The number of rotatable bonds is 6. The third kappa shape index (κ3) is 4.12. The number of hydrazone groups is 1. The van der Waals surface area contributed by atoms with Crippen LogP contribution in [0.15, 0.2) is 5.10 Å². The van der Waals surface area contributed by atoms with Crippen LogP contribution in [-0.4, -0.2) is 35.2 Å². The van der Waals surface area contributed by atoms with Crippen LogP contribution in [0.4, 0.5) is 0 Å². The van der Waals surface area contributed by atoms with Gasteiger partial charge in [0, 0.05) is 19.7 Å². The quantitative estimate of drug-likeness (QED) is 0.601. The zero-order valence-corrected chi connectivity index (χ0v) is 11.5. The summed E-state index contributed by atoms with van der Waals surface area (Å²) in [6.45, 7) is 2.17. The third-order valence-corrected chi connectivity index (χ3v) is 3.40. The minimum absolute atomic E-state index is 0.0429. The number of amides is 1. The van der Waals surface area contributed by atoms with Crippen molar-refractivity contribution in [2.45, 2.75) is 50.0 Å². The molecule has 0 saturated carbocycles. The van der Waals surface area contributed by atoms with Gasteiger partial charge in [-0.1, -0.05) is 42.1 Å². The molecule has 16 heavy (non-hydrogen) atoms. The molecule has 1 aliphatic rings. The Morgan fingerprint density at radius 3 is 2.81 bits per heavy atom. The first-order valence-electron chi connectivity index (χ1n) is 5.85. The van der Waals surface area contributed by atoms with Gasteiger partial charge in [0.2, 0.25) is 5.91 Å². The van der Waals surface area contributed by atoms with E-state index in [9.17, 15) is 4.79 Å². The van der Waals surface area contributed by atoms with Crippen LogP contribution in [0.1, 0.15) is 39.0 Å². The van der Waals surface area contributed by atoms with Gasteiger partial charge in [0.05, 0.1) is 4.83 Å². The lowest BCUT2D eigenvalue weighted by Gasteiger charge is -2.22. The molecule has 0 aromatic rings. The highest BCUT2D eigenvalue weighted by Gasteiger charge is 2.27. The number of carbonyl (C=O) groups is 1. The Morgan fingerprint density at radius 2 is 2.25 bits per heavy atom. The van der Waals surface area contributed by atoms with Gasteiger partial charge in [0.15, 0.2) is 0 Å². The Morgan fingerprint density at radius 1 is 1.50 bits per heavy atom. The maximum Gasteiger partial charge on any atom is 0.221 e. The number of unbranched alkanes of at least 4 members (excludes halogenated alkanes) is 3. The van der Waals surface area contributed by atoms with E-state index in [-0.39, 0.29) is 16.9 Å². The van der Waals surface area contributed by atoms with E-state index in [1.807, 2.05) is 7.05 Å². The summed E-state index contributed by atoms with van der Waals surface area (Å²) in [5.74, 6) is 0.114. The van der Waals surface area contributed by atoms with Crippen molar-refractivity contribution in [2.24, 2.45) is 5.10 Å². The molecule has 92 valence electrons. The highest BCUT2D eigenvalue weighted by molar-refractivity contribution is 9.10. The van der Waals surface area contributed by atoms with Crippen molar-refractivity contribution < 1.29 is 4.79 Å². The molecule has 0 saturated heterocycles. The normalized spacial score (nSPS) is 23.8. The fourth-order valence-electron chi connectivity index (χ4n) is 1.65. The van der Waals surface area contributed by atoms with Crippen molar-refractivity contribution >= 4 is 28.1 Å². The van der Waals surface area contributed by atoms with Gasteiger partial charge in [-0.05, 0) is 6.42 Å². The van der Waals surface area contributed by atoms with Gasteiger partial charge < -0.3 is 5.32 Å². The summed E-state index contributed by atoms with van der Waals surface area (Å²) in [5.41, 5.74) is 0. The fraction of sp³-hybridized carbons (Fsp3) is 0.818. The van der Waals surface area contributed by atoms with Gasteiger partial charge in [-0.3, -0.25) is 9.80 Å². The lowest BCUT2D eigenvalue weighted by atomic mass is 10.1. The van der Waals surface area contributed by atoms with Crippen LogP contribution in [0, 0.1) is 0 Å². The summed E-state index contributed by atoms with van der Waals surface area (Å²) < 4.78 is 0. The van der Waals surface area contributed by atoms with Gasteiger partial charge in [-0.2, -0.15) is 5.10 Å². The molecule has 2 unspecified atom stereocenters. The molecular weight excluding hydrogens is 270 g/mol. The van der Waals surface area contributed by atoms with E-state index in [0.717, 1.165) is 12.8 Å². The van der Waals surface area contributed by atoms with E-state index in [0.29, 0.717) is 6.42 Å². The van der Waals surface area contributed by atoms with Gasteiger partial charge in [0.1, 0.15) is 6.17 Å². The van der Waals surface area contributed by atoms with Gasteiger partial charge in [-0.25, -0.2) is 0 Å². The van der Waals surface area contributed by atoms with Crippen molar-refractivity contribution in [1.82, 2.24) is 10.3 Å². The summed E-state index contributed by atoms with van der Waals surface area (Å²) in [4.78, 5) is 11.7. The molecule has 2 atom stereocenters. The molecule has 5 heteroatoms. The Hall–Kier alpha value is -0.580. The SMILES string of the molecule is CCCCCCC(=O)NC1C(Br)C=NN1C. The third-order valence-electron chi connectivity index (χ3n) is 2.66. The second-order valence-corrected chi connectivity index (χ2v) is 5.16. The second-order valence-electron chi connectivity index (χ2n) is 4.11. The molecule has 1 rings (SSSR count). The van der Waals surface area contributed by atoms with Gasteiger partial charge in [-0.15, -0.1) is 0 Å². The van der Waals surface area contributed by atoms with Crippen molar-refractivity contribution in [1.29, 1.82) is 0 Å². The molecule has 0 fully saturated rings. The first-order chi connectivity index (χ1) is 7.65. The van der Waals surface area contributed by atoms with E-state index in [2.05, 4.69) is 33.3 Å². The first kappa shape index (κ1) is 13.5. The molecule has 1 aliphatic heterocycles. The number of halogens is 1. The van der Waals surface area contributed by atoms with Crippen molar-refractivity contribution in [3.8, 4) is 0 Å². The molecule has 0 radical (unpaired) electrons. The van der Waals surface area contributed by atoms with Crippen molar-refractivity contribution in [3.63, 3.8) is 0 Å². The Labute approximate surface area is 106 Å². The smallest absolute Gasteiger partial charge is 0.221 e. The fourth-order valence-corrected chi connectivity index (χ4v) is 2.23. The lowest BCUT2D eigenvalue weighted by Crippen LogP contribution is -2.46. The Kier molecular flexibility index (Phi) is 5.80. The number of hydrogen-bond donors (Lipinski definition) is 1. The summed E-state index contributed by atoms with van der Waals surface area (Å²) in [6, 6.07) is 0. The van der Waals surface area contributed by atoms with Crippen LogP contribution in [0.5, 0.6) is 0 Å². The van der Waals surface area contributed by atoms with Gasteiger partial charge >= 0.3 is 0 Å². The topological polar surface area (TPSA) is 44.7 Å². The standard InChI is InChI=1S/C11H20BrN3O/c1-3-4-5-6-7-10(16)14-11-9(12)8-13-15(11)2/h8-9,11H,3-7H2,1-2H3,(H,14,16). The van der Waals surface area contributed by atoms with Crippen LogP contribution in [-0.2, 0) is 4.79 Å². The average Bonchev–Trinajstić information content (AvgIpc) is 2.56. The zero-order valence-electron chi connectivity index (χ0n) is 9.95. The maximum absolute atomic E-state index is 11.6. The number of hydrogen-bond acceptors (Lipinski definition) is 3. The minimum atomic E-state index is -0.0429. The predicted molar refractivity (Wildman–Crippen MR) is 69.7 cm³/mol. The number of nitrogens with one attached hydrogen (secondary N) is 1. The van der Waals surface area contributed by atoms with Crippen LogP contribution >= 0.6 is 15.9 Å². The summed E-state index contributed by atoms with van der Waals surface area (Å²) in [7, 11) is 1.86. The van der Waals surface area contributed by atoms with Crippen LogP contribution in [0.3, 0.4) is 0 Å². The number of carbonyl (C=O) groups excluding carboxylic acids is 1. The zero-order chi connectivity index (χ0) is 12.0. The van der Waals surface area contributed by atoms with E-state index in [4.69, 9.17) is 0 Å². The van der Waals surface area contributed by atoms with E-state index in [1.165, 1.54) is 12.8 Å². The molecule has 1 amide bonds. The molecule has 4 nitrogen and oxygen atoms in total. The van der Waals surface area contributed by atoms with Crippen LogP contribution in [0.2, 0.25) is 0 Å². The molecule has 0 aromatic carbocycles. The largest absolute Gasteiger partial charge is 0.333 e. The summed E-state index contributed by atoms with van der Waals surface area (Å²) >= 11 is 3.46. The number of nitrogens with zero attached hydrogens (tertiary/aromatic N) is 2. The average molecular weight is 290 g/mol. The molecule has 0 aliphatic carbocycles. The molecule has 1 heterocycles. The highest BCUT2D eigenvalue weighted by Crippen LogP contribution is 2.14. The van der Waals surface area contributed by atoms with E-state index >= 15 is 0 Å². The molecular formula is C11H20BrN3O. The van der Waals surface area contributed by atoms with E-state index in [1.54, 1.807) is 11.2 Å². The summed E-state index contributed by atoms with van der Waals surface area (Å²) in [5, 5.41) is 8.85. The predicted octanol–water partition coefficient (Wildman–Crippen LogP) is 2.09.